The predicted molar refractivity (Wildman–Crippen MR) is 121 cm³/mol. The van der Waals surface area contributed by atoms with Crippen molar-refractivity contribution in [3.63, 3.8) is 0 Å². The number of nitrogens with zero attached hydrogens (tertiary/aromatic N) is 4. The molecule has 162 valence electrons. The summed E-state index contributed by atoms with van der Waals surface area (Å²) in [6.07, 6.45) is 2.99. The first-order valence-electron chi connectivity index (χ1n) is 11.0. The average molecular weight is 420 g/mol. The van der Waals surface area contributed by atoms with Crippen molar-refractivity contribution in [1.29, 1.82) is 0 Å². The lowest BCUT2D eigenvalue weighted by molar-refractivity contribution is 0.0787. The van der Waals surface area contributed by atoms with E-state index in [0.717, 1.165) is 43.3 Å². The van der Waals surface area contributed by atoms with Crippen LogP contribution in [0.2, 0.25) is 0 Å². The van der Waals surface area contributed by atoms with Crippen molar-refractivity contribution in [2.45, 2.75) is 46.6 Å². The summed E-state index contributed by atoms with van der Waals surface area (Å²) in [6, 6.07) is 11.0. The van der Waals surface area contributed by atoms with E-state index in [0.29, 0.717) is 35.2 Å². The lowest BCUT2D eigenvalue weighted by Gasteiger charge is -2.13. The molecular formula is C24H29N5O2. The fourth-order valence-electron chi connectivity index (χ4n) is 3.78. The zero-order valence-electron chi connectivity index (χ0n) is 18.4. The topological polar surface area (TPSA) is 80.1 Å². The van der Waals surface area contributed by atoms with Gasteiger partial charge in [-0.25, -0.2) is 9.67 Å². The number of carbonyl (C=O) groups is 2. The molecule has 1 fully saturated rings. The molecule has 1 aliphatic heterocycles. The van der Waals surface area contributed by atoms with Crippen molar-refractivity contribution in [2.75, 3.05) is 18.4 Å². The Morgan fingerprint density at radius 2 is 1.77 bits per heavy atom. The molecule has 0 spiro atoms. The molecule has 1 saturated heterocycles. The Morgan fingerprint density at radius 1 is 1.06 bits per heavy atom. The van der Waals surface area contributed by atoms with Gasteiger partial charge in [-0.2, -0.15) is 5.10 Å². The second kappa shape index (κ2) is 8.88. The number of anilines is 1. The summed E-state index contributed by atoms with van der Waals surface area (Å²) < 4.78 is 1.81. The highest BCUT2D eigenvalue weighted by Gasteiger charge is 2.25. The van der Waals surface area contributed by atoms with E-state index in [9.17, 15) is 9.59 Å². The highest BCUT2D eigenvalue weighted by atomic mass is 16.2. The molecule has 2 amide bonds. The molecule has 1 aromatic carbocycles. The maximum Gasteiger partial charge on any atom is 0.275 e. The van der Waals surface area contributed by atoms with E-state index in [4.69, 9.17) is 0 Å². The fraction of sp³-hybridized carbons (Fsp3) is 0.417. The molecule has 1 N–H and O–H groups in total. The Bertz CT molecular complexity index is 1100. The zero-order valence-corrected chi connectivity index (χ0v) is 18.4. The predicted octanol–water partition coefficient (Wildman–Crippen LogP) is 4.27. The van der Waals surface area contributed by atoms with E-state index in [1.165, 1.54) is 0 Å². The Morgan fingerprint density at radius 3 is 2.45 bits per heavy atom. The summed E-state index contributed by atoms with van der Waals surface area (Å²) >= 11 is 0. The monoisotopic (exact) mass is 419 g/mol. The Kier molecular flexibility index (Phi) is 6.02. The van der Waals surface area contributed by atoms with Crippen molar-refractivity contribution in [3.05, 3.63) is 53.2 Å². The lowest BCUT2D eigenvalue weighted by atomic mass is 10.1. The lowest BCUT2D eigenvalue weighted by Crippen LogP contribution is -2.28. The largest absolute Gasteiger partial charge is 0.337 e. The minimum absolute atomic E-state index is 0.0379. The highest BCUT2D eigenvalue weighted by molar-refractivity contribution is 6.06. The molecule has 3 heterocycles. The summed E-state index contributed by atoms with van der Waals surface area (Å²) in [5.74, 6) is 0.697. The fourth-order valence-corrected chi connectivity index (χ4v) is 3.78. The van der Waals surface area contributed by atoms with Crippen molar-refractivity contribution in [2.24, 2.45) is 5.92 Å². The van der Waals surface area contributed by atoms with E-state index >= 15 is 0 Å². The maximum atomic E-state index is 13.0. The van der Waals surface area contributed by atoms with Gasteiger partial charge in [0.25, 0.3) is 11.8 Å². The van der Waals surface area contributed by atoms with Crippen molar-refractivity contribution in [1.82, 2.24) is 19.7 Å². The summed E-state index contributed by atoms with van der Waals surface area (Å²) in [4.78, 5) is 32.2. The van der Waals surface area contributed by atoms with E-state index in [1.807, 2.05) is 30.0 Å². The molecule has 0 saturated carbocycles. The summed E-state index contributed by atoms with van der Waals surface area (Å²) in [6.45, 7) is 8.51. The molecule has 0 unspecified atom stereocenters. The summed E-state index contributed by atoms with van der Waals surface area (Å²) in [5.41, 5.74) is 2.75. The van der Waals surface area contributed by atoms with Crippen molar-refractivity contribution < 1.29 is 9.59 Å². The van der Waals surface area contributed by atoms with Crippen molar-refractivity contribution >= 4 is 28.7 Å². The zero-order chi connectivity index (χ0) is 22.0. The number of pyridine rings is 1. The number of nitrogens with one attached hydrogen (secondary N) is 1. The number of hydrogen-bond donors (Lipinski definition) is 1. The molecule has 4 rings (SSSR count). The quantitative estimate of drug-likeness (QED) is 0.647. The van der Waals surface area contributed by atoms with Crippen LogP contribution in [0.25, 0.3) is 11.0 Å². The van der Waals surface area contributed by atoms with Gasteiger partial charge >= 0.3 is 0 Å². The van der Waals surface area contributed by atoms with Crippen LogP contribution in [0.1, 0.15) is 59.5 Å². The number of likely N-dealkylation sites (tertiary alicyclic amines) is 1. The number of amides is 2. The third kappa shape index (κ3) is 4.60. The van der Waals surface area contributed by atoms with Gasteiger partial charge in [0.2, 0.25) is 0 Å². The molecule has 0 radical (unpaired) electrons. The summed E-state index contributed by atoms with van der Waals surface area (Å²) in [5, 5.41) is 8.24. The van der Waals surface area contributed by atoms with E-state index in [-0.39, 0.29) is 11.8 Å². The van der Waals surface area contributed by atoms with Crippen LogP contribution in [0.3, 0.4) is 0 Å². The highest BCUT2D eigenvalue weighted by Crippen LogP contribution is 2.23. The third-order valence-corrected chi connectivity index (χ3v) is 5.66. The van der Waals surface area contributed by atoms with Gasteiger partial charge in [-0.3, -0.25) is 9.59 Å². The Hall–Kier alpha value is -3.22. The van der Waals surface area contributed by atoms with E-state index < -0.39 is 0 Å². The van der Waals surface area contributed by atoms with Gasteiger partial charge in [0.05, 0.1) is 5.39 Å². The molecule has 7 heteroatoms. The number of carbonyl (C=O) groups excluding carboxylic acids is 2. The number of hydrogen-bond acceptors (Lipinski definition) is 4. The molecule has 0 aliphatic carbocycles. The number of rotatable bonds is 6. The molecule has 2 aromatic heterocycles. The van der Waals surface area contributed by atoms with Crippen LogP contribution in [-0.2, 0) is 6.54 Å². The van der Waals surface area contributed by atoms with Crippen LogP contribution in [0.4, 0.5) is 5.82 Å². The van der Waals surface area contributed by atoms with Crippen LogP contribution in [-0.4, -0.2) is 44.6 Å². The van der Waals surface area contributed by atoms with Crippen LogP contribution < -0.4 is 5.32 Å². The molecular weight excluding hydrogens is 390 g/mol. The molecule has 1 aliphatic rings. The van der Waals surface area contributed by atoms with Gasteiger partial charge in [0, 0.05) is 25.2 Å². The van der Waals surface area contributed by atoms with Gasteiger partial charge < -0.3 is 10.2 Å². The first-order chi connectivity index (χ1) is 14.9. The number of aromatic nitrogens is 3. The van der Waals surface area contributed by atoms with Crippen LogP contribution in [0, 0.1) is 12.8 Å². The second-order valence-corrected chi connectivity index (χ2v) is 8.64. The maximum absolute atomic E-state index is 13.0. The van der Waals surface area contributed by atoms with Crippen molar-refractivity contribution in [3.8, 4) is 0 Å². The van der Waals surface area contributed by atoms with Gasteiger partial charge in [0.15, 0.2) is 11.3 Å². The molecule has 0 atom stereocenters. The third-order valence-electron chi connectivity index (χ3n) is 5.66. The standard InChI is InChI=1S/C24H29N5O2/c1-16(2)12-15-29-22-19(21(27-29)24(31)28-13-4-5-14-28)10-11-20(25-22)26-23(30)18-8-6-17(3)7-9-18/h6-11,16H,4-5,12-15H2,1-3H3,(H,25,26,30). The van der Waals surface area contributed by atoms with Gasteiger partial charge in [-0.1, -0.05) is 31.5 Å². The number of fused-ring (bicyclic) bond motifs is 1. The second-order valence-electron chi connectivity index (χ2n) is 8.64. The number of aryl methyl sites for hydroxylation is 2. The van der Waals surface area contributed by atoms with Gasteiger partial charge in [0.1, 0.15) is 5.82 Å². The molecule has 31 heavy (non-hydrogen) atoms. The van der Waals surface area contributed by atoms with Gasteiger partial charge in [-0.15, -0.1) is 0 Å². The van der Waals surface area contributed by atoms with Crippen LogP contribution in [0.15, 0.2) is 36.4 Å². The first-order valence-corrected chi connectivity index (χ1v) is 11.0. The smallest absolute Gasteiger partial charge is 0.275 e. The SMILES string of the molecule is Cc1ccc(C(=O)Nc2ccc3c(C(=O)N4CCCC4)nn(CCC(C)C)c3n2)cc1. The van der Waals surface area contributed by atoms with E-state index in [1.54, 1.807) is 22.9 Å². The van der Waals surface area contributed by atoms with Crippen LogP contribution in [0.5, 0.6) is 0 Å². The normalized spacial score (nSPS) is 13.9. The summed E-state index contributed by atoms with van der Waals surface area (Å²) in [7, 11) is 0. The minimum Gasteiger partial charge on any atom is -0.337 e. The molecule has 0 bridgehead atoms. The first kappa shape index (κ1) is 21.0. The Balaban J connectivity index is 1.65. The van der Waals surface area contributed by atoms with E-state index in [2.05, 4.69) is 29.2 Å². The van der Waals surface area contributed by atoms with Gasteiger partial charge in [-0.05, 0) is 56.4 Å². The molecule has 3 aromatic rings. The Labute approximate surface area is 182 Å². The molecule has 7 nitrogen and oxygen atoms in total. The number of benzene rings is 1. The average Bonchev–Trinajstić information content (AvgIpc) is 3.40. The minimum atomic E-state index is -0.214. The van der Waals surface area contributed by atoms with Crippen LogP contribution >= 0.6 is 0 Å².